The second-order valence-electron chi connectivity index (χ2n) is 6.12. The summed E-state index contributed by atoms with van der Waals surface area (Å²) in [6, 6.07) is 2.23. The van der Waals surface area contributed by atoms with Crippen LogP contribution in [-0.4, -0.2) is 37.2 Å². The van der Waals surface area contributed by atoms with Crippen LogP contribution in [0.3, 0.4) is 0 Å². The van der Waals surface area contributed by atoms with Crippen LogP contribution in [0.5, 0.6) is 11.5 Å². The zero-order chi connectivity index (χ0) is 20.1. The minimum absolute atomic E-state index is 0.174. The minimum atomic E-state index is -1.11. The predicted octanol–water partition coefficient (Wildman–Crippen LogP) is 2.03. The van der Waals surface area contributed by atoms with Crippen molar-refractivity contribution in [3.05, 3.63) is 33.7 Å². The van der Waals surface area contributed by atoms with Gasteiger partial charge in [0.05, 0.1) is 26.2 Å². The zero-order valence-electron chi connectivity index (χ0n) is 15.8. The Hall–Kier alpha value is -3.03. The molecule has 0 fully saturated rings. The molecule has 1 amide bonds. The van der Waals surface area contributed by atoms with E-state index in [1.54, 1.807) is 19.1 Å². The summed E-state index contributed by atoms with van der Waals surface area (Å²) in [5.74, 6) is -0.775. The van der Waals surface area contributed by atoms with Crippen LogP contribution in [0.4, 0.5) is 0 Å². The van der Waals surface area contributed by atoms with Gasteiger partial charge in [-0.3, -0.25) is 4.79 Å². The van der Waals surface area contributed by atoms with Gasteiger partial charge in [-0.1, -0.05) is 13.3 Å². The molecule has 0 bridgehead atoms. The highest BCUT2D eigenvalue weighted by atomic mass is 16.5. The lowest BCUT2D eigenvalue weighted by atomic mass is 10.0. The summed E-state index contributed by atoms with van der Waals surface area (Å²) in [6.07, 6.45) is 0.644. The van der Waals surface area contributed by atoms with Crippen molar-refractivity contribution < 1.29 is 28.6 Å². The van der Waals surface area contributed by atoms with Crippen molar-refractivity contribution >= 4 is 22.8 Å². The maximum atomic E-state index is 12.4. The second-order valence-corrected chi connectivity index (χ2v) is 6.12. The number of aliphatic carboxylic acids is 1. The number of carbonyl (C=O) groups is 2. The van der Waals surface area contributed by atoms with Gasteiger partial charge in [-0.05, 0) is 25.0 Å². The van der Waals surface area contributed by atoms with Crippen LogP contribution in [0.1, 0.15) is 30.9 Å². The zero-order valence-corrected chi connectivity index (χ0v) is 15.8. The van der Waals surface area contributed by atoms with E-state index in [-0.39, 0.29) is 12.0 Å². The number of fused-ring (bicyclic) bond motifs is 1. The van der Waals surface area contributed by atoms with Crippen molar-refractivity contribution in [2.75, 3.05) is 14.2 Å². The SMILES string of the molecule is CCC[C@H](NC(=O)Cc1c(C)c2cc(OC)c(OC)cc2oc1=O)C(=O)O. The Labute approximate surface area is 156 Å². The topological polar surface area (TPSA) is 115 Å². The van der Waals surface area contributed by atoms with Crippen LogP contribution < -0.4 is 20.4 Å². The third-order valence-corrected chi connectivity index (χ3v) is 4.34. The number of methoxy groups -OCH3 is 2. The quantitative estimate of drug-likeness (QED) is 0.676. The third-order valence-electron chi connectivity index (χ3n) is 4.34. The highest BCUT2D eigenvalue weighted by molar-refractivity contribution is 5.88. The third kappa shape index (κ3) is 4.39. The summed E-state index contributed by atoms with van der Waals surface area (Å²) in [6.45, 7) is 3.53. The van der Waals surface area contributed by atoms with Gasteiger partial charge in [-0.25, -0.2) is 9.59 Å². The molecule has 0 aliphatic carbocycles. The maximum Gasteiger partial charge on any atom is 0.340 e. The van der Waals surface area contributed by atoms with Gasteiger partial charge in [0, 0.05) is 11.5 Å². The smallest absolute Gasteiger partial charge is 0.340 e. The van der Waals surface area contributed by atoms with E-state index in [1.165, 1.54) is 14.2 Å². The number of carboxylic acids is 1. The average molecular weight is 377 g/mol. The van der Waals surface area contributed by atoms with Crippen LogP contribution in [0.15, 0.2) is 21.3 Å². The van der Waals surface area contributed by atoms with Crippen LogP contribution in [0.2, 0.25) is 0 Å². The molecule has 27 heavy (non-hydrogen) atoms. The Bertz CT molecular complexity index is 916. The Balaban J connectivity index is 2.39. The Morgan fingerprint density at radius 1 is 1.22 bits per heavy atom. The molecule has 2 aromatic rings. The summed E-state index contributed by atoms with van der Waals surface area (Å²) in [5.41, 5.74) is 0.408. The highest BCUT2D eigenvalue weighted by Crippen LogP contribution is 2.33. The first kappa shape index (κ1) is 20.3. The molecule has 8 nitrogen and oxygen atoms in total. The first-order valence-electron chi connectivity index (χ1n) is 8.52. The number of benzene rings is 1. The fraction of sp³-hybridized carbons (Fsp3) is 0.421. The molecule has 0 radical (unpaired) electrons. The lowest BCUT2D eigenvalue weighted by Gasteiger charge is -2.14. The normalized spacial score (nSPS) is 11.9. The molecular formula is C19H23NO7. The molecule has 0 saturated carbocycles. The molecule has 1 aromatic heterocycles. The van der Waals surface area contributed by atoms with Gasteiger partial charge in [0.15, 0.2) is 11.5 Å². The van der Waals surface area contributed by atoms with Crippen molar-refractivity contribution in [1.82, 2.24) is 5.32 Å². The number of amides is 1. The number of nitrogens with one attached hydrogen (secondary N) is 1. The molecule has 1 aromatic carbocycles. The second kappa shape index (κ2) is 8.57. The van der Waals surface area contributed by atoms with Gasteiger partial charge in [0.25, 0.3) is 0 Å². The van der Waals surface area contributed by atoms with Crippen LogP contribution in [0.25, 0.3) is 11.0 Å². The van der Waals surface area contributed by atoms with E-state index in [2.05, 4.69) is 5.32 Å². The molecule has 0 unspecified atom stereocenters. The van der Waals surface area contributed by atoms with Crippen LogP contribution in [-0.2, 0) is 16.0 Å². The van der Waals surface area contributed by atoms with Gasteiger partial charge in [0.2, 0.25) is 5.91 Å². The molecule has 2 rings (SSSR count). The molecular weight excluding hydrogens is 354 g/mol. The van der Waals surface area contributed by atoms with Crippen LogP contribution >= 0.6 is 0 Å². The fourth-order valence-corrected chi connectivity index (χ4v) is 2.87. The van der Waals surface area contributed by atoms with Crippen molar-refractivity contribution in [3.63, 3.8) is 0 Å². The van der Waals surface area contributed by atoms with Crippen molar-refractivity contribution in [3.8, 4) is 11.5 Å². The van der Waals surface area contributed by atoms with E-state index in [9.17, 15) is 14.4 Å². The summed E-state index contributed by atoms with van der Waals surface area (Å²) in [4.78, 5) is 35.8. The largest absolute Gasteiger partial charge is 0.493 e. The molecule has 146 valence electrons. The van der Waals surface area contributed by atoms with E-state index < -0.39 is 23.5 Å². The van der Waals surface area contributed by atoms with Gasteiger partial charge in [-0.15, -0.1) is 0 Å². The van der Waals surface area contributed by atoms with Crippen molar-refractivity contribution in [1.29, 1.82) is 0 Å². The first-order chi connectivity index (χ1) is 12.8. The molecule has 1 atom stereocenters. The van der Waals surface area contributed by atoms with E-state index in [1.807, 2.05) is 6.92 Å². The molecule has 8 heteroatoms. The summed E-state index contributed by atoms with van der Waals surface area (Å²) < 4.78 is 15.8. The van der Waals surface area contributed by atoms with Gasteiger partial charge in [0.1, 0.15) is 11.6 Å². The fourth-order valence-electron chi connectivity index (χ4n) is 2.87. The van der Waals surface area contributed by atoms with Gasteiger partial charge in [-0.2, -0.15) is 0 Å². The lowest BCUT2D eigenvalue weighted by Crippen LogP contribution is -2.41. The van der Waals surface area contributed by atoms with E-state index in [0.717, 1.165) is 0 Å². The van der Waals surface area contributed by atoms with E-state index in [4.69, 9.17) is 19.0 Å². The van der Waals surface area contributed by atoms with Crippen molar-refractivity contribution in [2.24, 2.45) is 0 Å². The van der Waals surface area contributed by atoms with Crippen molar-refractivity contribution in [2.45, 2.75) is 39.2 Å². The summed E-state index contributed by atoms with van der Waals surface area (Å²) in [7, 11) is 2.97. The van der Waals surface area contributed by atoms with E-state index in [0.29, 0.717) is 40.9 Å². The summed E-state index contributed by atoms with van der Waals surface area (Å²) in [5, 5.41) is 12.2. The monoisotopic (exact) mass is 377 g/mol. The molecule has 0 aliphatic heterocycles. The number of hydrogen-bond donors (Lipinski definition) is 2. The van der Waals surface area contributed by atoms with E-state index >= 15 is 0 Å². The Morgan fingerprint density at radius 2 is 1.85 bits per heavy atom. The average Bonchev–Trinajstić information content (AvgIpc) is 2.63. The number of ether oxygens (including phenoxy) is 2. The summed E-state index contributed by atoms with van der Waals surface area (Å²) >= 11 is 0. The molecule has 0 saturated heterocycles. The number of hydrogen-bond acceptors (Lipinski definition) is 6. The number of rotatable bonds is 8. The minimum Gasteiger partial charge on any atom is -0.493 e. The van der Waals surface area contributed by atoms with Gasteiger partial charge >= 0.3 is 11.6 Å². The highest BCUT2D eigenvalue weighted by Gasteiger charge is 2.22. The number of carbonyl (C=O) groups excluding carboxylic acids is 1. The Morgan fingerprint density at radius 3 is 2.41 bits per heavy atom. The standard InChI is InChI=1S/C19H23NO7/c1-5-6-13(18(22)23)20-17(21)8-12-10(2)11-7-15(25-3)16(26-4)9-14(11)27-19(12)24/h7,9,13H,5-6,8H2,1-4H3,(H,20,21)(H,22,23)/t13-/m0/s1. The maximum absolute atomic E-state index is 12.4. The predicted molar refractivity (Wildman–Crippen MR) is 98.5 cm³/mol. The molecule has 0 spiro atoms. The lowest BCUT2D eigenvalue weighted by molar-refractivity contribution is -0.141. The first-order valence-corrected chi connectivity index (χ1v) is 8.52. The van der Waals surface area contributed by atoms with Gasteiger partial charge < -0.3 is 24.3 Å². The Kier molecular flexibility index (Phi) is 6.44. The molecule has 1 heterocycles. The number of aryl methyl sites for hydroxylation is 1. The molecule has 2 N–H and O–H groups in total. The number of carboxylic acid groups (broad SMARTS) is 1. The molecule has 0 aliphatic rings. The van der Waals surface area contributed by atoms with Crippen LogP contribution in [0, 0.1) is 6.92 Å².